The Morgan fingerprint density at radius 3 is 2.12 bits per heavy atom. The maximum Gasteiger partial charge on any atom is 0.311 e. The van der Waals surface area contributed by atoms with E-state index < -0.39 is 5.97 Å². The molecule has 0 aliphatic rings. The van der Waals surface area contributed by atoms with E-state index in [1.807, 2.05) is 13.8 Å². The van der Waals surface area contributed by atoms with Crippen molar-refractivity contribution in [2.75, 3.05) is 13.2 Å². The van der Waals surface area contributed by atoms with Gasteiger partial charge in [-0.25, -0.2) is 0 Å². The molecule has 1 aromatic rings. The van der Waals surface area contributed by atoms with Crippen LogP contribution >= 0.6 is 0 Å². The lowest BCUT2D eigenvalue weighted by Crippen LogP contribution is -2.08. The lowest BCUT2D eigenvalue weighted by atomic mass is 10.4. The normalized spacial score (nSPS) is 9.88. The van der Waals surface area contributed by atoms with Gasteiger partial charge in [0, 0.05) is 0 Å². The second-order valence-corrected chi connectivity index (χ2v) is 2.90. The van der Waals surface area contributed by atoms with Crippen molar-refractivity contribution in [2.45, 2.75) is 20.3 Å². The molecule has 0 aliphatic heterocycles. The monoisotopic (exact) mass is 226 g/mol. The number of carbonyl (C=O) groups is 1. The van der Waals surface area contributed by atoms with E-state index in [-0.39, 0.29) is 12.2 Å². The highest BCUT2D eigenvalue weighted by Gasteiger charge is 2.09. The van der Waals surface area contributed by atoms with Crippen molar-refractivity contribution in [1.29, 1.82) is 0 Å². The van der Waals surface area contributed by atoms with Crippen LogP contribution in [0.5, 0.6) is 11.8 Å². The van der Waals surface area contributed by atoms with Crippen LogP contribution in [-0.4, -0.2) is 34.3 Å². The van der Waals surface area contributed by atoms with E-state index >= 15 is 0 Å². The zero-order valence-corrected chi connectivity index (χ0v) is 9.27. The summed E-state index contributed by atoms with van der Waals surface area (Å²) >= 11 is 0. The molecule has 1 N–H and O–H groups in total. The van der Waals surface area contributed by atoms with Crippen LogP contribution in [0.2, 0.25) is 0 Å². The van der Waals surface area contributed by atoms with Gasteiger partial charge in [0.2, 0.25) is 11.8 Å². The topological polar surface area (TPSA) is 81.5 Å². The van der Waals surface area contributed by atoms with Gasteiger partial charge >= 0.3 is 5.97 Å². The van der Waals surface area contributed by atoms with Crippen molar-refractivity contribution in [3.8, 4) is 11.8 Å². The van der Waals surface area contributed by atoms with Crippen LogP contribution in [0.25, 0.3) is 0 Å². The number of ether oxygens (including phenoxy) is 2. The fourth-order valence-corrected chi connectivity index (χ4v) is 1.11. The van der Waals surface area contributed by atoms with Gasteiger partial charge in [0.1, 0.15) is 12.2 Å². The number of rotatable bonds is 6. The van der Waals surface area contributed by atoms with Crippen LogP contribution in [0.1, 0.15) is 19.7 Å². The van der Waals surface area contributed by atoms with E-state index in [9.17, 15) is 4.79 Å². The van der Waals surface area contributed by atoms with Crippen LogP contribution in [0.15, 0.2) is 6.07 Å². The standard InChI is InChI=1S/C10H14N2O4/c1-3-15-8-6-9(16-4-2)12-7(11-8)5-10(13)14/h6H,3-5H2,1-2H3,(H,13,14). The summed E-state index contributed by atoms with van der Waals surface area (Å²) in [6, 6.07) is 1.54. The van der Waals surface area contributed by atoms with E-state index in [1.54, 1.807) is 6.07 Å². The van der Waals surface area contributed by atoms with Gasteiger partial charge in [-0.15, -0.1) is 0 Å². The molecule has 1 rings (SSSR count). The van der Waals surface area contributed by atoms with E-state index in [2.05, 4.69) is 9.97 Å². The Balaban J connectivity index is 2.93. The first-order valence-corrected chi connectivity index (χ1v) is 5.01. The highest BCUT2D eigenvalue weighted by atomic mass is 16.5. The van der Waals surface area contributed by atoms with Gasteiger partial charge in [-0.1, -0.05) is 0 Å². The fourth-order valence-electron chi connectivity index (χ4n) is 1.11. The molecule has 0 radical (unpaired) electrons. The number of hydrogen-bond donors (Lipinski definition) is 1. The molecule has 0 fully saturated rings. The first-order chi connectivity index (χ1) is 7.65. The molecule has 1 heterocycles. The van der Waals surface area contributed by atoms with Crippen LogP contribution in [0.3, 0.4) is 0 Å². The summed E-state index contributed by atoms with van der Waals surface area (Å²) in [6.45, 7) is 4.54. The maximum atomic E-state index is 10.5. The molecule has 0 unspecified atom stereocenters. The molecule has 0 bridgehead atoms. The summed E-state index contributed by atoms with van der Waals surface area (Å²) in [6.07, 6.45) is -0.249. The minimum atomic E-state index is -0.990. The third kappa shape index (κ3) is 3.72. The van der Waals surface area contributed by atoms with Gasteiger partial charge < -0.3 is 14.6 Å². The van der Waals surface area contributed by atoms with Crippen LogP contribution in [0.4, 0.5) is 0 Å². The molecule has 0 saturated carbocycles. The summed E-state index contributed by atoms with van der Waals surface area (Å²) in [4.78, 5) is 18.4. The average Bonchev–Trinajstić information content (AvgIpc) is 2.17. The molecule has 6 heteroatoms. The second kappa shape index (κ2) is 5.89. The van der Waals surface area contributed by atoms with Crippen molar-refractivity contribution in [1.82, 2.24) is 9.97 Å². The van der Waals surface area contributed by atoms with Crippen LogP contribution in [-0.2, 0) is 11.2 Å². The first-order valence-electron chi connectivity index (χ1n) is 5.01. The number of carboxylic acids is 1. The minimum Gasteiger partial charge on any atom is -0.481 e. The molecular formula is C10H14N2O4. The molecule has 0 aliphatic carbocycles. The van der Waals surface area contributed by atoms with Crippen molar-refractivity contribution >= 4 is 5.97 Å². The Labute approximate surface area is 93.2 Å². The smallest absolute Gasteiger partial charge is 0.311 e. The summed E-state index contributed by atoms with van der Waals surface area (Å²) < 4.78 is 10.4. The Bertz CT molecular complexity index is 344. The fraction of sp³-hybridized carbons (Fsp3) is 0.500. The van der Waals surface area contributed by atoms with Gasteiger partial charge in [-0.05, 0) is 13.8 Å². The highest BCUT2D eigenvalue weighted by molar-refractivity contribution is 5.69. The van der Waals surface area contributed by atoms with Crippen molar-refractivity contribution in [3.05, 3.63) is 11.9 Å². The van der Waals surface area contributed by atoms with E-state index in [0.717, 1.165) is 0 Å². The number of aliphatic carboxylic acids is 1. The number of nitrogens with zero attached hydrogens (tertiary/aromatic N) is 2. The van der Waals surface area contributed by atoms with Crippen LogP contribution in [0, 0.1) is 0 Å². The Morgan fingerprint density at radius 1 is 1.25 bits per heavy atom. The summed E-state index contributed by atoms with van der Waals surface area (Å²) in [5.74, 6) is -0.146. The SMILES string of the molecule is CCOc1cc(OCC)nc(CC(=O)O)n1. The average molecular weight is 226 g/mol. The molecule has 0 aromatic carbocycles. The first kappa shape index (κ1) is 12.2. The van der Waals surface area contributed by atoms with E-state index in [0.29, 0.717) is 25.0 Å². The van der Waals surface area contributed by atoms with Crippen LogP contribution < -0.4 is 9.47 Å². The molecule has 0 amide bonds. The quantitative estimate of drug-likeness (QED) is 0.776. The summed E-state index contributed by atoms with van der Waals surface area (Å²) in [5.41, 5.74) is 0. The largest absolute Gasteiger partial charge is 0.481 e. The lowest BCUT2D eigenvalue weighted by Gasteiger charge is -2.07. The highest BCUT2D eigenvalue weighted by Crippen LogP contribution is 2.15. The minimum absolute atomic E-state index is 0.182. The van der Waals surface area contributed by atoms with Gasteiger partial charge in [-0.3, -0.25) is 4.79 Å². The third-order valence-electron chi connectivity index (χ3n) is 1.62. The molecule has 16 heavy (non-hydrogen) atoms. The molecule has 6 nitrogen and oxygen atoms in total. The Morgan fingerprint density at radius 2 is 1.75 bits per heavy atom. The Hall–Kier alpha value is -1.85. The third-order valence-corrected chi connectivity index (χ3v) is 1.62. The summed E-state index contributed by atoms with van der Waals surface area (Å²) in [5, 5.41) is 8.65. The molecule has 0 atom stereocenters. The number of carboxylic acid groups (broad SMARTS) is 1. The van der Waals surface area contributed by atoms with Gasteiger partial charge in [0.15, 0.2) is 0 Å². The predicted octanol–water partition coefficient (Wildman–Crippen LogP) is 0.901. The zero-order valence-electron chi connectivity index (χ0n) is 9.27. The van der Waals surface area contributed by atoms with E-state index in [1.165, 1.54) is 0 Å². The van der Waals surface area contributed by atoms with Gasteiger partial charge in [-0.2, -0.15) is 9.97 Å². The molecule has 1 aromatic heterocycles. The number of aromatic nitrogens is 2. The van der Waals surface area contributed by atoms with Crippen molar-refractivity contribution < 1.29 is 19.4 Å². The van der Waals surface area contributed by atoms with E-state index in [4.69, 9.17) is 14.6 Å². The summed E-state index contributed by atoms with van der Waals surface area (Å²) in [7, 11) is 0. The van der Waals surface area contributed by atoms with Crippen molar-refractivity contribution in [2.24, 2.45) is 0 Å². The lowest BCUT2D eigenvalue weighted by molar-refractivity contribution is -0.136. The molecule has 88 valence electrons. The second-order valence-electron chi connectivity index (χ2n) is 2.90. The van der Waals surface area contributed by atoms with Gasteiger partial charge in [0.05, 0.1) is 19.3 Å². The molecule has 0 spiro atoms. The predicted molar refractivity (Wildman–Crippen MR) is 55.7 cm³/mol. The van der Waals surface area contributed by atoms with Gasteiger partial charge in [0.25, 0.3) is 0 Å². The number of hydrogen-bond acceptors (Lipinski definition) is 5. The van der Waals surface area contributed by atoms with Crippen molar-refractivity contribution in [3.63, 3.8) is 0 Å². The molecular weight excluding hydrogens is 212 g/mol. The maximum absolute atomic E-state index is 10.5. The zero-order chi connectivity index (χ0) is 12.0. The Kier molecular flexibility index (Phi) is 4.50. The molecule has 0 saturated heterocycles.